The van der Waals surface area contributed by atoms with E-state index in [9.17, 15) is 8.42 Å². The third kappa shape index (κ3) is 2.43. The van der Waals surface area contributed by atoms with Crippen LogP contribution in [0.15, 0.2) is 56.4 Å². The van der Waals surface area contributed by atoms with Gasteiger partial charge in [-0.15, -0.1) is 0 Å². The molecule has 106 valence electrons. The average molecular weight is 356 g/mol. The van der Waals surface area contributed by atoms with E-state index >= 15 is 0 Å². The highest BCUT2D eigenvalue weighted by Crippen LogP contribution is 2.36. The van der Waals surface area contributed by atoms with E-state index in [1.807, 2.05) is 6.07 Å². The van der Waals surface area contributed by atoms with Crippen molar-refractivity contribution < 1.29 is 12.8 Å². The van der Waals surface area contributed by atoms with Gasteiger partial charge in [-0.1, -0.05) is 15.9 Å². The normalized spacial score (nSPS) is 20.4. The van der Waals surface area contributed by atoms with Gasteiger partial charge in [-0.3, -0.25) is 0 Å². The summed E-state index contributed by atoms with van der Waals surface area (Å²) in [4.78, 5) is 0.319. The predicted molar refractivity (Wildman–Crippen MR) is 78.7 cm³/mol. The van der Waals surface area contributed by atoms with Crippen LogP contribution in [0.3, 0.4) is 0 Å². The maximum atomic E-state index is 12.7. The van der Waals surface area contributed by atoms with E-state index in [4.69, 9.17) is 4.42 Å². The zero-order valence-corrected chi connectivity index (χ0v) is 13.1. The van der Waals surface area contributed by atoms with Gasteiger partial charge in [0.05, 0.1) is 17.2 Å². The highest BCUT2D eigenvalue weighted by atomic mass is 79.9. The first-order valence-electron chi connectivity index (χ1n) is 6.40. The first-order chi connectivity index (χ1) is 9.59. The highest BCUT2D eigenvalue weighted by Gasteiger charge is 2.37. The molecule has 3 rings (SSSR count). The van der Waals surface area contributed by atoms with Crippen LogP contribution in [0.5, 0.6) is 0 Å². The standard InChI is InChI=1S/C14H14BrNO3S/c15-11-5-7-12(8-6-11)20(17,18)16-9-1-3-13(16)14-4-2-10-19-14/h2,4-8,10,13H,1,3,9H2/t13-/m0/s1. The molecular formula is C14H14BrNO3S. The van der Waals surface area contributed by atoms with Crippen molar-refractivity contribution in [1.82, 2.24) is 4.31 Å². The van der Waals surface area contributed by atoms with E-state index < -0.39 is 10.0 Å². The van der Waals surface area contributed by atoms with Gasteiger partial charge in [-0.2, -0.15) is 4.31 Å². The number of halogens is 1. The van der Waals surface area contributed by atoms with Crippen molar-refractivity contribution in [3.05, 3.63) is 52.9 Å². The zero-order valence-electron chi connectivity index (χ0n) is 10.7. The number of sulfonamides is 1. The summed E-state index contributed by atoms with van der Waals surface area (Å²) < 4.78 is 33.2. The summed E-state index contributed by atoms with van der Waals surface area (Å²) in [5.74, 6) is 0.711. The van der Waals surface area contributed by atoms with E-state index in [2.05, 4.69) is 15.9 Å². The van der Waals surface area contributed by atoms with Crippen LogP contribution < -0.4 is 0 Å². The minimum Gasteiger partial charge on any atom is -0.468 e. The lowest BCUT2D eigenvalue weighted by atomic mass is 10.2. The highest BCUT2D eigenvalue weighted by molar-refractivity contribution is 9.10. The van der Waals surface area contributed by atoms with Gasteiger partial charge in [-0.05, 0) is 49.2 Å². The molecule has 1 aromatic heterocycles. The fraction of sp³-hybridized carbons (Fsp3) is 0.286. The molecular weight excluding hydrogens is 342 g/mol. The van der Waals surface area contributed by atoms with E-state index in [0.717, 1.165) is 17.3 Å². The van der Waals surface area contributed by atoms with Gasteiger partial charge in [0.15, 0.2) is 0 Å². The molecule has 6 heteroatoms. The van der Waals surface area contributed by atoms with Crippen LogP contribution in [0.1, 0.15) is 24.6 Å². The summed E-state index contributed by atoms with van der Waals surface area (Å²) in [6, 6.07) is 10.2. The molecule has 0 spiro atoms. The quantitative estimate of drug-likeness (QED) is 0.845. The number of hydrogen-bond acceptors (Lipinski definition) is 3. The number of furan rings is 1. The molecule has 1 fully saturated rings. The second-order valence-corrected chi connectivity index (χ2v) is 7.55. The predicted octanol–water partition coefficient (Wildman–Crippen LogP) is 3.57. The van der Waals surface area contributed by atoms with Crippen LogP contribution in [-0.4, -0.2) is 19.3 Å². The molecule has 0 amide bonds. The van der Waals surface area contributed by atoms with Gasteiger partial charge in [0.2, 0.25) is 10.0 Å². The Morgan fingerprint density at radius 1 is 1.20 bits per heavy atom. The molecule has 0 aliphatic carbocycles. The van der Waals surface area contributed by atoms with Crippen molar-refractivity contribution in [3.8, 4) is 0 Å². The SMILES string of the molecule is O=S(=O)(c1ccc(Br)cc1)N1CCC[C@H]1c1ccco1. The third-order valence-corrected chi connectivity index (χ3v) is 5.95. The van der Waals surface area contributed by atoms with Gasteiger partial charge in [0, 0.05) is 11.0 Å². The Morgan fingerprint density at radius 2 is 1.95 bits per heavy atom. The van der Waals surface area contributed by atoms with Crippen LogP contribution in [0.4, 0.5) is 0 Å². The molecule has 0 N–H and O–H groups in total. The molecule has 20 heavy (non-hydrogen) atoms. The topological polar surface area (TPSA) is 50.5 Å². The minimum absolute atomic E-state index is 0.196. The summed E-state index contributed by atoms with van der Waals surface area (Å²) in [5, 5.41) is 0. The lowest BCUT2D eigenvalue weighted by Crippen LogP contribution is -2.30. The fourth-order valence-electron chi connectivity index (χ4n) is 2.54. The molecule has 2 heterocycles. The minimum atomic E-state index is -3.48. The summed E-state index contributed by atoms with van der Waals surface area (Å²) >= 11 is 3.32. The zero-order chi connectivity index (χ0) is 14.2. The molecule has 0 radical (unpaired) electrons. The maximum Gasteiger partial charge on any atom is 0.243 e. The molecule has 1 saturated heterocycles. The van der Waals surface area contributed by atoms with Crippen molar-refractivity contribution in [2.75, 3.05) is 6.54 Å². The Labute approximate surface area is 126 Å². The largest absolute Gasteiger partial charge is 0.468 e. The second-order valence-electron chi connectivity index (χ2n) is 4.74. The van der Waals surface area contributed by atoms with Gasteiger partial charge >= 0.3 is 0 Å². The molecule has 2 aromatic rings. The van der Waals surface area contributed by atoms with Crippen LogP contribution >= 0.6 is 15.9 Å². The van der Waals surface area contributed by atoms with Crippen molar-refractivity contribution >= 4 is 26.0 Å². The second kappa shape index (κ2) is 5.35. The van der Waals surface area contributed by atoms with Crippen molar-refractivity contribution in [3.63, 3.8) is 0 Å². The van der Waals surface area contributed by atoms with Crippen LogP contribution in [0.25, 0.3) is 0 Å². The monoisotopic (exact) mass is 355 g/mol. The molecule has 0 saturated carbocycles. The summed E-state index contributed by atoms with van der Waals surface area (Å²) in [5.41, 5.74) is 0. The summed E-state index contributed by atoms with van der Waals surface area (Å²) in [7, 11) is -3.48. The first kappa shape index (κ1) is 13.9. The number of benzene rings is 1. The van der Waals surface area contributed by atoms with Gasteiger partial charge < -0.3 is 4.42 Å². The Balaban J connectivity index is 1.96. The Morgan fingerprint density at radius 3 is 2.60 bits per heavy atom. The molecule has 4 nitrogen and oxygen atoms in total. The molecule has 1 atom stereocenters. The van der Waals surface area contributed by atoms with E-state index in [-0.39, 0.29) is 6.04 Å². The van der Waals surface area contributed by atoms with Crippen LogP contribution in [0, 0.1) is 0 Å². The first-order valence-corrected chi connectivity index (χ1v) is 8.63. The summed E-state index contributed by atoms with van der Waals surface area (Å²) in [6.45, 7) is 0.532. The molecule has 0 bridgehead atoms. The maximum absolute atomic E-state index is 12.7. The molecule has 1 aliphatic rings. The van der Waals surface area contributed by atoms with Crippen LogP contribution in [-0.2, 0) is 10.0 Å². The molecule has 0 unspecified atom stereocenters. The summed E-state index contributed by atoms with van der Waals surface area (Å²) in [6.07, 6.45) is 3.22. The van der Waals surface area contributed by atoms with Gasteiger partial charge in [0.25, 0.3) is 0 Å². The molecule has 1 aliphatic heterocycles. The van der Waals surface area contributed by atoms with Crippen molar-refractivity contribution in [2.45, 2.75) is 23.8 Å². The van der Waals surface area contributed by atoms with Gasteiger partial charge in [-0.25, -0.2) is 8.42 Å². The number of rotatable bonds is 3. The third-order valence-electron chi connectivity index (χ3n) is 3.50. The lowest BCUT2D eigenvalue weighted by molar-refractivity contribution is 0.340. The van der Waals surface area contributed by atoms with E-state index in [1.54, 1.807) is 36.6 Å². The Bertz CT molecular complexity index is 680. The van der Waals surface area contributed by atoms with E-state index in [0.29, 0.717) is 17.2 Å². The molecule has 1 aromatic carbocycles. The van der Waals surface area contributed by atoms with Crippen LogP contribution in [0.2, 0.25) is 0 Å². The average Bonchev–Trinajstić information content (AvgIpc) is 3.10. The number of hydrogen-bond donors (Lipinski definition) is 0. The number of nitrogens with zero attached hydrogens (tertiary/aromatic N) is 1. The van der Waals surface area contributed by atoms with Crippen molar-refractivity contribution in [1.29, 1.82) is 0 Å². The van der Waals surface area contributed by atoms with Crippen molar-refractivity contribution in [2.24, 2.45) is 0 Å². The van der Waals surface area contributed by atoms with E-state index in [1.165, 1.54) is 4.31 Å². The van der Waals surface area contributed by atoms with Gasteiger partial charge in [0.1, 0.15) is 5.76 Å². The Hall–Kier alpha value is -1.11. The smallest absolute Gasteiger partial charge is 0.243 e. The Kier molecular flexibility index (Phi) is 3.70. The lowest BCUT2D eigenvalue weighted by Gasteiger charge is -2.22. The fourth-order valence-corrected chi connectivity index (χ4v) is 4.46.